The normalized spacial score (nSPS) is 18.0. The van der Waals surface area contributed by atoms with Crippen molar-refractivity contribution in [3.05, 3.63) is 85.1 Å². The predicted molar refractivity (Wildman–Crippen MR) is 202 cm³/mol. The van der Waals surface area contributed by atoms with Crippen molar-refractivity contribution in [1.29, 1.82) is 0 Å². The van der Waals surface area contributed by atoms with Crippen LogP contribution in [0.3, 0.4) is 0 Å². The highest BCUT2D eigenvalue weighted by Crippen LogP contribution is 2.36. The Morgan fingerprint density at radius 1 is 0.857 bits per heavy atom. The summed E-state index contributed by atoms with van der Waals surface area (Å²) in [6, 6.07) is 0.377. The second kappa shape index (κ2) is 39.1. The van der Waals surface area contributed by atoms with Crippen LogP contribution in [0.4, 0.5) is 0 Å². The standard InChI is InChI=1S/C24H38N2.C6H12.2C3H8.2C2H6/c1-8-12-16-20(13-9-2)23-19-26(7)18-17-22(23)24(25(5)6)21(14-10-3)15-11-4;1-4-5-6(2)3;2*1-3-2;2*1-2/h8-16,22-24H,3,17-19H2,1-2,4-7H3;4,6H,1,5H2,2-3H3;2*3H2,1-2H3;2*1-2H3/b12-8-,13-9-,15-11-,20-16+,21-14+;;;;;. The number of likely N-dealkylation sites (tertiary alicyclic amines) is 1. The molecule has 0 amide bonds. The smallest absolute Gasteiger partial charge is 0.0376 e. The first-order valence-corrected chi connectivity index (χ1v) is 17.0. The van der Waals surface area contributed by atoms with Gasteiger partial charge in [-0.05, 0) is 84.3 Å². The van der Waals surface area contributed by atoms with Crippen molar-refractivity contribution in [3.8, 4) is 0 Å². The van der Waals surface area contributed by atoms with Gasteiger partial charge in [-0.1, -0.05) is 149 Å². The summed E-state index contributed by atoms with van der Waals surface area (Å²) in [6.45, 7) is 36.9. The molecule has 0 aromatic carbocycles. The number of likely N-dealkylation sites (N-methyl/N-ethyl adjacent to an activating group) is 1. The van der Waals surface area contributed by atoms with E-state index in [1.54, 1.807) is 0 Å². The molecule has 0 radical (unpaired) electrons. The zero-order valence-electron chi connectivity index (χ0n) is 31.6. The predicted octanol–water partition coefficient (Wildman–Crippen LogP) is 12.4. The summed E-state index contributed by atoms with van der Waals surface area (Å²) >= 11 is 0. The Bertz CT molecular complexity index is 701. The molecule has 3 atom stereocenters. The van der Waals surface area contributed by atoms with Gasteiger partial charge in [0, 0.05) is 18.5 Å². The maximum atomic E-state index is 3.94. The summed E-state index contributed by atoms with van der Waals surface area (Å²) in [6.07, 6.45) is 26.3. The number of hydrogen-bond donors (Lipinski definition) is 0. The fourth-order valence-corrected chi connectivity index (χ4v) is 4.41. The van der Waals surface area contributed by atoms with Crippen LogP contribution in [0.2, 0.25) is 0 Å². The van der Waals surface area contributed by atoms with Crippen LogP contribution in [0.1, 0.15) is 116 Å². The Kier molecular flexibility index (Phi) is 46.3. The lowest BCUT2D eigenvalue weighted by Crippen LogP contribution is -2.48. The van der Waals surface area contributed by atoms with Gasteiger partial charge in [0.25, 0.3) is 0 Å². The molecular weight excluding hydrogens is 508 g/mol. The van der Waals surface area contributed by atoms with Gasteiger partial charge >= 0.3 is 0 Å². The average Bonchev–Trinajstić information content (AvgIpc) is 2.95. The van der Waals surface area contributed by atoms with Crippen molar-refractivity contribution in [2.24, 2.45) is 17.8 Å². The Balaban J connectivity index is -0.000000236. The highest BCUT2D eigenvalue weighted by molar-refractivity contribution is 5.33. The van der Waals surface area contributed by atoms with E-state index in [1.807, 2.05) is 39.8 Å². The minimum Gasteiger partial charge on any atom is -0.306 e. The average molecular weight is 587 g/mol. The molecule has 1 fully saturated rings. The molecule has 42 heavy (non-hydrogen) atoms. The second-order valence-corrected chi connectivity index (χ2v) is 10.7. The van der Waals surface area contributed by atoms with E-state index >= 15 is 0 Å². The maximum absolute atomic E-state index is 3.94. The highest BCUT2D eigenvalue weighted by Gasteiger charge is 2.37. The number of allylic oxidation sites excluding steroid dienone is 9. The SMILES string of the molecule is C=C/C=C(\C=C/C)C(C1CCN(C)CC1C(/C=C\C)=C/C=C\C)N(C)C.C=CCC(C)C.CC.CC.CCC.CCC. The first kappa shape index (κ1) is 49.8. The summed E-state index contributed by atoms with van der Waals surface area (Å²) in [5.74, 6) is 1.85. The zero-order chi connectivity index (χ0) is 33.9. The monoisotopic (exact) mass is 587 g/mol. The van der Waals surface area contributed by atoms with Crippen molar-refractivity contribution in [3.63, 3.8) is 0 Å². The Hall–Kier alpha value is -1.90. The van der Waals surface area contributed by atoms with Gasteiger partial charge in [0.1, 0.15) is 0 Å². The van der Waals surface area contributed by atoms with Gasteiger partial charge in [-0.15, -0.1) is 6.58 Å². The number of rotatable bonds is 10. The van der Waals surface area contributed by atoms with E-state index < -0.39 is 0 Å². The van der Waals surface area contributed by atoms with Crippen molar-refractivity contribution < 1.29 is 0 Å². The lowest BCUT2D eigenvalue weighted by Gasteiger charge is -2.44. The van der Waals surface area contributed by atoms with E-state index in [4.69, 9.17) is 0 Å². The van der Waals surface area contributed by atoms with Gasteiger partial charge in [0.2, 0.25) is 0 Å². The van der Waals surface area contributed by atoms with Crippen LogP contribution in [-0.4, -0.2) is 50.1 Å². The molecule has 3 unspecified atom stereocenters. The molecule has 0 saturated carbocycles. The largest absolute Gasteiger partial charge is 0.306 e. The van der Waals surface area contributed by atoms with E-state index in [0.717, 1.165) is 25.4 Å². The zero-order valence-corrected chi connectivity index (χ0v) is 31.6. The van der Waals surface area contributed by atoms with E-state index in [0.29, 0.717) is 17.9 Å². The molecule has 0 N–H and O–H groups in total. The Labute approximate surface area is 268 Å². The van der Waals surface area contributed by atoms with E-state index in [9.17, 15) is 0 Å². The van der Waals surface area contributed by atoms with Crippen molar-refractivity contribution in [2.45, 2.75) is 122 Å². The molecule has 2 nitrogen and oxygen atoms in total. The Morgan fingerprint density at radius 2 is 1.36 bits per heavy atom. The lowest BCUT2D eigenvalue weighted by atomic mass is 9.73. The first-order chi connectivity index (χ1) is 20.1. The first-order valence-electron chi connectivity index (χ1n) is 17.0. The minimum absolute atomic E-state index is 0.377. The van der Waals surface area contributed by atoms with Crippen LogP contribution in [-0.2, 0) is 0 Å². The highest BCUT2D eigenvalue weighted by atomic mass is 15.1. The quantitative estimate of drug-likeness (QED) is 0.185. The molecule has 0 aromatic rings. The van der Waals surface area contributed by atoms with Crippen LogP contribution < -0.4 is 0 Å². The van der Waals surface area contributed by atoms with Crippen LogP contribution in [0.25, 0.3) is 0 Å². The van der Waals surface area contributed by atoms with Crippen LogP contribution >= 0.6 is 0 Å². The van der Waals surface area contributed by atoms with Gasteiger partial charge in [0.15, 0.2) is 0 Å². The molecule has 1 heterocycles. The van der Waals surface area contributed by atoms with Gasteiger partial charge in [-0.3, -0.25) is 0 Å². The number of piperidine rings is 1. The molecule has 1 aliphatic heterocycles. The van der Waals surface area contributed by atoms with Crippen LogP contribution in [0, 0.1) is 17.8 Å². The summed E-state index contributed by atoms with van der Waals surface area (Å²) < 4.78 is 0. The molecule has 0 bridgehead atoms. The summed E-state index contributed by atoms with van der Waals surface area (Å²) in [4.78, 5) is 4.84. The van der Waals surface area contributed by atoms with E-state index in [-0.39, 0.29) is 0 Å². The lowest BCUT2D eigenvalue weighted by molar-refractivity contribution is 0.110. The number of hydrogen-bond acceptors (Lipinski definition) is 2. The molecule has 1 aliphatic rings. The second-order valence-electron chi connectivity index (χ2n) is 10.7. The third kappa shape index (κ3) is 28.2. The van der Waals surface area contributed by atoms with Gasteiger partial charge in [-0.2, -0.15) is 0 Å². The van der Waals surface area contributed by atoms with Crippen molar-refractivity contribution >= 4 is 0 Å². The molecular formula is C40H78N2. The summed E-state index contributed by atoms with van der Waals surface area (Å²) in [7, 11) is 6.64. The van der Waals surface area contributed by atoms with Crippen LogP contribution in [0.5, 0.6) is 0 Å². The van der Waals surface area contributed by atoms with Gasteiger partial charge in [0.05, 0.1) is 0 Å². The number of nitrogens with zero attached hydrogens (tertiary/aromatic N) is 2. The minimum atomic E-state index is 0.377. The summed E-state index contributed by atoms with van der Waals surface area (Å²) in [5, 5.41) is 0. The fraction of sp³-hybridized carbons (Fsp3) is 0.650. The molecule has 0 aliphatic carbocycles. The molecule has 1 rings (SSSR count). The summed E-state index contributed by atoms with van der Waals surface area (Å²) in [5.41, 5.74) is 2.77. The maximum Gasteiger partial charge on any atom is 0.0376 e. The van der Waals surface area contributed by atoms with Crippen molar-refractivity contribution in [2.75, 3.05) is 34.2 Å². The van der Waals surface area contributed by atoms with E-state index in [1.165, 1.54) is 30.4 Å². The molecule has 0 aromatic heterocycles. The van der Waals surface area contributed by atoms with Gasteiger partial charge in [-0.25, -0.2) is 0 Å². The van der Waals surface area contributed by atoms with E-state index in [2.05, 4.69) is 155 Å². The third-order valence-electron chi connectivity index (χ3n) is 5.75. The molecule has 2 heteroatoms. The molecule has 248 valence electrons. The third-order valence-corrected chi connectivity index (χ3v) is 5.75. The fourth-order valence-electron chi connectivity index (χ4n) is 4.41. The Morgan fingerprint density at radius 3 is 1.69 bits per heavy atom. The van der Waals surface area contributed by atoms with Gasteiger partial charge < -0.3 is 9.80 Å². The topological polar surface area (TPSA) is 6.48 Å². The van der Waals surface area contributed by atoms with Crippen LogP contribution in [0.15, 0.2) is 85.1 Å². The van der Waals surface area contributed by atoms with Crippen molar-refractivity contribution in [1.82, 2.24) is 9.80 Å². The molecule has 0 spiro atoms. The molecule has 1 saturated heterocycles.